The molecule has 0 saturated carbocycles. The molecule has 4 nitrogen and oxygen atoms in total. The molecule has 86 valence electrons. The van der Waals surface area contributed by atoms with Gasteiger partial charge in [0.1, 0.15) is 17.3 Å². The van der Waals surface area contributed by atoms with Gasteiger partial charge in [-0.3, -0.25) is 5.10 Å². The Morgan fingerprint density at radius 1 is 1.44 bits per heavy atom. The van der Waals surface area contributed by atoms with Crippen molar-refractivity contribution in [3.8, 4) is 11.5 Å². The molecule has 2 rings (SSSR count). The summed E-state index contributed by atoms with van der Waals surface area (Å²) in [5.41, 5.74) is 7.76. The molecule has 0 unspecified atom stereocenters. The highest BCUT2D eigenvalue weighted by atomic mass is 16.3. The maximum atomic E-state index is 5.83. The van der Waals surface area contributed by atoms with E-state index < -0.39 is 0 Å². The van der Waals surface area contributed by atoms with E-state index in [0.717, 1.165) is 29.2 Å². The molecule has 2 heterocycles. The molecule has 0 aliphatic heterocycles. The van der Waals surface area contributed by atoms with Gasteiger partial charge < -0.3 is 10.2 Å². The van der Waals surface area contributed by atoms with E-state index in [1.165, 1.54) is 0 Å². The molecule has 16 heavy (non-hydrogen) atoms. The van der Waals surface area contributed by atoms with Gasteiger partial charge in [0.05, 0.1) is 0 Å². The number of aryl methyl sites for hydroxylation is 1. The van der Waals surface area contributed by atoms with Crippen LogP contribution in [0.4, 0.5) is 5.82 Å². The standard InChI is InChI=1S/C12H17N3O/c1-4-8-5-6-9(16-8)11-10(7(2)3)12(13)15-14-11/h5-7H,4H2,1-3H3,(H3,13,14,15). The summed E-state index contributed by atoms with van der Waals surface area (Å²) in [6.07, 6.45) is 0.890. The van der Waals surface area contributed by atoms with Gasteiger partial charge in [-0.05, 0) is 18.1 Å². The van der Waals surface area contributed by atoms with Crippen molar-refractivity contribution in [3.63, 3.8) is 0 Å². The Hall–Kier alpha value is -1.71. The lowest BCUT2D eigenvalue weighted by molar-refractivity contribution is 0.526. The Bertz CT molecular complexity index is 482. The van der Waals surface area contributed by atoms with Crippen LogP contribution < -0.4 is 5.73 Å². The second-order valence-electron chi connectivity index (χ2n) is 4.17. The molecule has 0 amide bonds. The van der Waals surface area contributed by atoms with Gasteiger partial charge in [0, 0.05) is 12.0 Å². The lowest BCUT2D eigenvalue weighted by atomic mass is 10.0. The molecule has 3 N–H and O–H groups in total. The fourth-order valence-corrected chi connectivity index (χ4v) is 1.84. The van der Waals surface area contributed by atoms with E-state index in [9.17, 15) is 0 Å². The molecule has 2 aromatic rings. The largest absolute Gasteiger partial charge is 0.459 e. The maximum absolute atomic E-state index is 5.83. The van der Waals surface area contributed by atoms with Crippen molar-refractivity contribution in [1.29, 1.82) is 0 Å². The van der Waals surface area contributed by atoms with Crippen LogP contribution in [0.1, 0.15) is 38.0 Å². The van der Waals surface area contributed by atoms with Crippen LogP contribution >= 0.6 is 0 Å². The number of nitrogens with one attached hydrogen (secondary N) is 1. The Kier molecular flexibility index (Phi) is 2.73. The summed E-state index contributed by atoms with van der Waals surface area (Å²) in [7, 11) is 0. The van der Waals surface area contributed by atoms with Gasteiger partial charge in [-0.15, -0.1) is 0 Å². The molecule has 0 aromatic carbocycles. The summed E-state index contributed by atoms with van der Waals surface area (Å²) < 4.78 is 5.70. The van der Waals surface area contributed by atoms with E-state index in [2.05, 4.69) is 31.0 Å². The number of furan rings is 1. The van der Waals surface area contributed by atoms with E-state index in [1.807, 2.05) is 12.1 Å². The number of rotatable bonds is 3. The Morgan fingerprint density at radius 2 is 2.19 bits per heavy atom. The van der Waals surface area contributed by atoms with Crippen molar-refractivity contribution < 1.29 is 4.42 Å². The molecule has 0 bridgehead atoms. The molecule has 2 aromatic heterocycles. The van der Waals surface area contributed by atoms with Crippen molar-refractivity contribution in [2.45, 2.75) is 33.1 Å². The van der Waals surface area contributed by atoms with Crippen LogP contribution in [0.3, 0.4) is 0 Å². The SMILES string of the molecule is CCc1ccc(-c2[nH]nc(N)c2C(C)C)o1. The van der Waals surface area contributed by atoms with E-state index in [4.69, 9.17) is 10.2 Å². The van der Waals surface area contributed by atoms with Gasteiger partial charge in [-0.25, -0.2) is 0 Å². The molecular weight excluding hydrogens is 202 g/mol. The Labute approximate surface area is 94.8 Å². The van der Waals surface area contributed by atoms with Crippen LogP contribution in [-0.2, 0) is 6.42 Å². The van der Waals surface area contributed by atoms with Gasteiger partial charge in [-0.2, -0.15) is 5.10 Å². The predicted octanol–water partition coefficient (Wildman–Crippen LogP) is 2.94. The first-order valence-electron chi connectivity index (χ1n) is 5.56. The fraction of sp³-hybridized carbons (Fsp3) is 0.417. The number of nitrogens with two attached hydrogens (primary N) is 1. The molecule has 0 saturated heterocycles. The molecule has 0 atom stereocenters. The summed E-state index contributed by atoms with van der Waals surface area (Å²) in [6, 6.07) is 3.94. The van der Waals surface area contributed by atoms with Crippen LogP contribution in [-0.4, -0.2) is 10.2 Å². The normalized spacial score (nSPS) is 11.2. The highest BCUT2D eigenvalue weighted by molar-refractivity contribution is 5.64. The number of hydrogen-bond donors (Lipinski definition) is 2. The Balaban J connectivity index is 2.47. The summed E-state index contributed by atoms with van der Waals surface area (Å²) in [5, 5.41) is 6.98. The van der Waals surface area contributed by atoms with E-state index in [0.29, 0.717) is 11.7 Å². The van der Waals surface area contributed by atoms with Gasteiger partial charge >= 0.3 is 0 Å². The zero-order chi connectivity index (χ0) is 11.7. The number of anilines is 1. The first kappa shape index (κ1) is 10.8. The lowest BCUT2D eigenvalue weighted by Crippen LogP contribution is -1.94. The minimum Gasteiger partial charge on any atom is -0.459 e. The number of aromatic nitrogens is 2. The molecule has 0 aliphatic carbocycles. The molecular formula is C12H17N3O. The van der Waals surface area contributed by atoms with Crippen molar-refractivity contribution in [1.82, 2.24) is 10.2 Å². The number of nitrogens with zero attached hydrogens (tertiary/aromatic N) is 1. The number of H-pyrrole nitrogens is 1. The second kappa shape index (κ2) is 4.04. The van der Waals surface area contributed by atoms with Crippen LogP contribution in [0.5, 0.6) is 0 Å². The highest BCUT2D eigenvalue weighted by Gasteiger charge is 2.17. The molecule has 0 radical (unpaired) electrons. The fourth-order valence-electron chi connectivity index (χ4n) is 1.84. The van der Waals surface area contributed by atoms with Gasteiger partial charge in [0.15, 0.2) is 5.76 Å². The average molecular weight is 219 g/mol. The molecule has 4 heteroatoms. The summed E-state index contributed by atoms with van der Waals surface area (Å²) in [6.45, 7) is 6.25. The highest BCUT2D eigenvalue weighted by Crippen LogP contribution is 2.32. The average Bonchev–Trinajstić information content (AvgIpc) is 2.82. The smallest absolute Gasteiger partial charge is 0.152 e. The number of nitrogen functional groups attached to an aromatic ring is 1. The van der Waals surface area contributed by atoms with Crippen LogP contribution in [0.15, 0.2) is 16.5 Å². The van der Waals surface area contributed by atoms with Crippen molar-refractivity contribution >= 4 is 5.82 Å². The van der Waals surface area contributed by atoms with Crippen molar-refractivity contribution in [2.75, 3.05) is 5.73 Å². The van der Waals surface area contributed by atoms with Gasteiger partial charge in [-0.1, -0.05) is 20.8 Å². The molecule has 0 spiro atoms. The van der Waals surface area contributed by atoms with Crippen molar-refractivity contribution in [3.05, 3.63) is 23.5 Å². The molecule has 0 fully saturated rings. The number of aromatic amines is 1. The minimum absolute atomic E-state index is 0.323. The quantitative estimate of drug-likeness (QED) is 0.834. The molecule has 0 aliphatic rings. The predicted molar refractivity (Wildman–Crippen MR) is 64.2 cm³/mol. The lowest BCUT2D eigenvalue weighted by Gasteiger charge is -2.05. The summed E-state index contributed by atoms with van der Waals surface area (Å²) in [5.74, 6) is 2.66. The topological polar surface area (TPSA) is 67.8 Å². The second-order valence-corrected chi connectivity index (χ2v) is 4.17. The van der Waals surface area contributed by atoms with Crippen LogP contribution in [0.2, 0.25) is 0 Å². The van der Waals surface area contributed by atoms with Crippen molar-refractivity contribution in [2.24, 2.45) is 0 Å². The third-order valence-corrected chi connectivity index (χ3v) is 2.67. The summed E-state index contributed by atoms with van der Waals surface area (Å²) >= 11 is 0. The Morgan fingerprint density at radius 3 is 2.75 bits per heavy atom. The summed E-state index contributed by atoms with van der Waals surface area (Å²) in [4.78, 5) is 0. The maximum Gasteiger partial charge on any atom is 0.152 e. The van der Waals surface area contributed by atoms with Crippen LogP contribution in [0, 0.1) is 0 Å². The van der Waals surface area contributed by atoms with E-state index in [-0.39, 0.29) is 0 Å². The monoisotopic (exact) mass is 219 g/mol. The first-order chi connectivity index (χ1) is 7.63. The van der Waals surface area contributed by atoms with Crippen LogP contribution in [0.25, 0.3) is 11.5 Å². The zero-order valence-electron chi connectivity index (χ0n) is 9.87. The number of hydrogen-bond acceptors (Lipinski definition) is 3. The van der Waals surface area contributed by atoms with E-state index >= 15 is 0 Å². The third-order valence-electron chi connectivity index (χ3n) is 2.67. The zero-order valence-corrected chi connectivity index (χ0v) is 9.87. The van der Waals surface area contributed by atoms with Gasteiger partial charge in [0.2, 0.25) is 0 Å². The third kappa shape index (κ3) is 1.71. The van der Waals surface area contributed by atoms with Gasteiger partial charge in [0.25, 0.3) is 0 Å². The first-order valence-corrected chi connectivity index (χ1v) is 5.56. The minimum atomic E-state index is 0.323. The van der Waals surface area contributed by atoms with E-state index in [1.54, 1.807) is 0 Å².